The first kappa shape index (κ1) is 31.0. The maximum absolute atomic E-state index is 12.8. The lowest BCUT2D eigenvalue weighted by molar-refractivity contribution is -0.308. The monoisotopic (exact) mass is 613 g/mol. The highest BCUT2D eigenvalue weighted by Gasteiger charge is 2.60. The first-order valence-electron chi connectivity index (χ1n) is 14.4. The van der Waals surface area contributed by atoms with Crippen molar-refractivity contribution < 1.29 is 41.0 Å². The molecule has 0 radical (unpaired) electrons. The van der Waals surface area contributed by atoms with E-state index in [2.05, 4.69) is 20.0 Å². The van der Waals surface area contributed by atoms with Crippen molar-refractivity contribution in [2.45, 2.75) is 82.3 Å². The van der Waals surface area contributed by atoms with Crippen LogP contribution in [-0.4, -0.2) is 75.0 Å². The number of aliphatic hydroxyl groups is 1. The Morgan fingerprint density at radius 3 is 2.23 bits per heavy atom. The first-order valence-corrected chi connectivity index (χ1v) is 14.4. The van der Waals surface area contributed by atoms with Gasteiger partial charge in [-0.2, -0.15) is 41.6 Å². The van der Waals surface area contributed by atoms with Crippen LogP contribution in [0.2, 0.25) is 0 Å². The van der Waals surface area contributed by atoms with Crippen LogP contribution in [0.15, 0.2) is 46.7 Å². The molecule has 1 N–H and O–H groups in total. The van der Waals surface area contributed by atoms with Gasteiger partial charge in [0.15, 0.2) is 0 Å². The fraction of sp³-hybridized carbons (Fsp3) is 0.586. The Bertz CT molecular complexity index is 1330. The van der Waals surface area contributed by atoms with Gasteiger partial charge in [-0.3, -0.25) is 0 Å². The molecule has 0 spiro atoms. The summed E-state index contributed by atoms with van der Waals surface area (Å²) in [6, 6.07) is 9.63. The fourth-order valence-corrected chi connectivity index (χ4v) is 6.21. The van der Waals surface area contributed by atoms with Gasteiger partial charge in [0.2, 0.25) is 0 Å². The molecule has 1 amide bonds. The number of rotatable bonds is 4. The molecule has 0 unspecified atom stereocenters. The molecule has 1 aliphatic carbocycles. The Labute approximate surface area is 244 Å². The van der Waals surface area contributed by atoms with E-state index < -0.39 is 24.5 Å². The van der Waals surface area contributed by atoms with Crippen LogP contribution in [0.4, 0.5) is 31.1 Å². The van der Waals surface area contributed by atoms with Crippen LogP contribution in [0.3, 0.4) is 0 Å². The average molecular weight is 614 g/mol. The van der Waals surface area contributed by atoms with Crippen molar-refractivity contribution in [2.75, 3.05) is 13.1 Å². The minimum atomic E-state index is -5.75. The van der Waals surface area contributed by atoms with Crippen LogP contribution in [0.1, 0.15) is 69.0 Å². The van der Waals surface area contributed by atoms with Crippen LogP contribution in [0.25, 0.3) is 5.69 Å². The van der Waals surface area contributed by atoms with E-state index in [0.29, 0.717) is 18.5 Å². The number of aromatic nitrogens is 2. The van der Waals surface area contributed by atoms with Crippen molar-refractivity contribution in [3.63, 3.8) is 0 Å². The zero-order chi connectivity index (χ0) is 30.9. The van der Waals surface area contributed by atoms with Crippen molar-refractivity contribution in [2.24, 2.45) is 22.0 Å². The van der Waals surface area contributed by atoms with Crippen molar-refractivity contribution in [1.29, 1.82) is 0 Å². The average Bonchev–Trinajstić information content (AvgIpc) is 3.44. The van der Waals surface area contributed by atoms with E-state index in [4.69, 9.17) is 0 Å². The second-order valence-corrected chi connectivity index (χ2v) is 11.4. The highest BCUT2D eigenvalue weighted by Crippen LogP contribution is 2.37. The Hall–Kier alpha value is -3.42. The van der Waals surface area contributed by atoms with Crippen LogP contribution in [0, 0.1) is 11.8 Å². The van der Waals surface area contributed by atoms with Crippen molar-refractivity contribution >= 4 is 17.5 Å². The smallest absolute Gasteiger partial charge is 0.426 e. The van der Waals surface area contributed by atoms with E-state index in [1.165, 1.54) is 0 Å². The van der Waals surface area contributed by atoms with Gasteiger partial charge in [0.25, 0.3) is 6.10 Å². The number of aliphatic hydroxyl groups excluding tert-OH is 1. The molecule has 3 aliphatic rings. The van der Waals surface area contributed by atoms with Gasteiger partial charge >= 0.3 is 18.4 Å². The molecule has 43 heavy (non-hydrogen) atoms. The number of amides is 1. The lowest BCUT2D eigenvalue weighted by atomic mass is 9.74. The van der Waals surface area contributed by atoms with E-state index in [-0.39, 0.29) is 36.9 Å². The maximum atomic E-state index is 12.8. The summed E-state index contributed by atoms with van der Waals surface area (Å²) in [4.78, 5) is 12.9. The summed E-state index contributed by atoms with van der Waals surface area (Å²) in [5.41, 5.74) is 4.43. The Balaban J connectivity index is 1.21. The molecule has 2 aliphatic heterocycles. The second kappa shape index (κ2) is 12.3. The number of carbonyl (C=O) groups excluding carboxylic acids is 1. The van der Waals surface area contributed by atoms with E-state index in [1.807, 2.05) is 37.3 Å². The lowest BCUT2D eigenvalue weighted by Gasteiger charge is -2.33. The summed E-state index contributed by atoms with van der Waals surface area (Å²) >= 11 is 0. The maximum Gasteiger partial charge on any atom is 0.434 e. The minimum Gasteiger partial charge on any atom is -0.426 e. The van der Waals surface area contributed by atoms with Gasteiger partial charge in [-0.05, 0) is 69.2 Å². The van der Waals surface area contributed by atoms with Gasteiger partial charge in [0.1, 0.15) is 0 Å². The summed E-state index contributed by atoms with van der Waals surface area (Å²) in [6.07, 6.45) is -10.9. The molecule has 1 aromatic heterocycles. The molecule has 3 heterocycles. The predicted molar refractivity (Wildman–Crippen MR) is 145 cm³/mol. The Morgan fingerprint density at radius 1 is 0.907 bits per heavy atom. The van der Waals surface area contributed by atoms with E-state index in [1.54, 1.807) is 10.9 Å². The number of hydrogen-bond acceptors (Lipinski definition) is 6. The van der Waals surface area contributed by atoms with Gasteiger partial charge in [-0.15, -0.1) is 0 Å². The molecule has 2 fully saturated rings. The standard InChI is InChI=1S/C29H33F6N5O3/c1-17-22-10-9-21(41)3-2-4-23(22)25(37-36-17)19-5-7-20(8-6-19)40-16-13-24(38-40)18-11-14-39(15-12-18)27(42)43-26(28(30,31)32)29(33,34)35/h5-8,13,16,18,21-23,26,41H,2-4,9-12,14-15H2,1H3/t21-,22-,23+/m0/s1. The number of carbonyl (C=O) groups is 1. The van der Waals surface area contributed by atoms with Gasteiger partial charge in [-0.1, -0.05) is 18.6 Å². The molecule has 234 valence electrons. The third kappa shape index (κ3) is 7.05. The summed E-state index contributed by atoms with van der Waals surface area (Å²) in [5, 5.41) is 23.8. The number of likely N-dealkylation sites (tertiary alicyclic amines) is 1. The van der Waals surface area contributed by atoms with Crippen LogP contribution >= 0.6 is 0 Å². The van der Waals surface area contributed by atoms with E-state index in [0.717, 1.165) is 59.7 Å². The zero-order valence-corrected chi connectivity index (χ0v) is 23.5. The second-order valence-electron chi connectivity index (χ2n) is 11.4. The number of halogens is 6. The highest BCUT2D eigenvalue weighted by atomic mass is 19.4. The summed E-state index contributed by atoms with van der Waals surface area (Å²) in [7, 11) is 0. The Kier molecular flexibility index (Phi) is 8.87. The van der Waals surface area contributed by atoms with Gasteiger partial charge < -0.3 is 14.7 Å². The molecule has 14 heteroatoms. The molecule has 1 saturated carbocycles. The number of alkyl halides is 6. The first-order chi connectivity index (χ1) is 20.3. The molecule has 3 atom stereocenters. The molecule has 8 nitrogen and oxygen atoms in total. The summed E-state index contributed by atoms with van der Waals surface area (Å²) in [5.74, 6) is 0.362. The quantitative estimate of drug-likeness (QED) is 0.403. The molecule has 5 rings (SSSR count). The molecule has 0 bridgehead atoms. The largest absolute Gasteiger partial charge is 0.434 e. The third-order valence-corrected chi connectivity index (χ3v) is 8.57. The van der Waals surface area contributed by atoms with Gasteiger partial charge in [0.05, 0.1) is 23.2 Å². The third-order valence-electron chi connectivity index (χ3n) is 8.57. The number of piperidine rings is 1. The zero-order valence-electron chi connectivity index (χ0n) is 23.5. The number of fused-ring (bicyclic) bond motifs is 1. The minimum absolute atomic E-state index is 0.0569. The topological polar surface area (TPSA) is 92.3 Å². The lowest BCUT2D eigenvalue weighted by Crippen LogP contribution is -2.49. The fourth-order valence-electron chi connectivity index (χ4n) is 6.21. The van der Waals surface area contributed by atoms with Crippen LogP contribution < -0.4 is 0 Å². The molecular formula is C29H33F6N5O3. The van der Waals surface area contributed by atoms with Gasteiger partial charge in [0, 0.05) is 42.8 Å². The molecule has 2 aromatic rings. The van der Waals surface area contributed by atoms with Crippen LogP contribution in [-0.2, 0) is 4.74 Å². The SMILES string of the molecule is CC1=NN=C(c2ccc(-n3ccc(C4CCN(C(=O)OC(C(F)(F)F)C(F)(F)F)CC4)n3)cc2)[C@@H]2CCC[C@H](O)CC[C@@H]12. The van der Waals surface area contributed by atoms with Crippen molar-refractivity contribution in [3.05, 3.63) is 47.8 Å². The number of hydrogen-bond donors (Lipinski definition) is 1. The predicted octanol–water partition coefficient (Wildman–Crippen LogP) is 6.42. The van der Waals surface area contributed by atoms with E-state index in [9.17, 15) is 36.2 Å². The number of nitrogens with zero attached hydrogens (tertiary/aromatic N) is 5. The van der Waals surface area contributed by atoms with E-state index >= 15 is 0 Å². The summed E-state index contributed by atoms with van der Waals surface area (Å²) < 4.78 is 82.1. The van der Waals surface area contributed by atoms with Crippen molar-refractivity contribution in [1.82, 2.24) is 14.7 Å². The summed E-state index contributed by atoms with van der Waals surface area (Å²) in [6.45, 7) is 1.88. The molecule has 1 aromatic carbocycles. The van der Waals surface area contributed by atoms with Crippen LogP contribution in [0.5, 0.6) is 0 Å². The highest BCUT2D eigenvalue weighted by molar-refractivity contribution is 6.07. The molecule has 1 saturated heterocycles. The van der Waals surface area contributed by atoms with Crippen molar-refractivity contribution in [3.8, 4) is 5.69 Å². The number of ether oxygens (including phenoxy) is 1. The Morgan fingerprint density at radius 2 is 1.58 bits per heavy atom. The number of benzene rings is 1. The molecular weight excluding hydrogens is 580 g/mol. The van der Waals surface area contributed by atoms with Gasteiger partial charge in [-0.25, -0.2) is 9.48 Å². The normalized spacial score (nSPS) is 24.1.